The van der Waals surface area contributed by atoms with Crippen LogP contribution in [-0.4, -0.2) is 17.2 Å². The van der Waals surface area contributed by atoms with Crippen LogP contribution in [0.4, 0.5) is 18.0 Å². The molecule has 0 bridgehead atoms. The van der Waals surface area contributed by atoms with Gasteiger partial charge in [0, 0.05) is 6.04 Å². The zero-order valence-corrected chi connectivity index (χ0v) is 8.71. The number of nitrogens with one attached hydrogen (secondary N) is 1. The Kier molecular flexibility index (Phi) is 2.73. The topological polar surface area (TPSA) is 49.3 Å². The summed E-state index contributed by atoms with van der Waals surface area (Å²) in [6.45, 7) is 0. The van der Waals surface area contributed by atoms with E-state index in [0.29, 0.717) is 18.4 Å². The summed E-state index contributed by atoms with van der Waals surface area (Å²) in [4.78, 5) is 10.4. The van der Waals surface area contributed by atoms with Crippen LogP contribution in [0.2, 0.25) is 0 Å². The average Bonchev–Trinajstić information content (AvgIpc) is 2.55. The molecule has 0 aromatic heterocycles. The van der Waals surface area contributed by atoms with Gasteiger partial charge in [0.1, 0.15) is 0 Å². The highest BCUT2D eigenvalue weighted by molar-refractivity contribution is 5.65. The van der Waals surface area contributed by atoms with E-state index in [9.17, 15) is 18.0 Å². The standard InChI is InChI=1S/C11H10F3NO2/c12-11(13,14)8-2-1-6-4-9(15-10(16)17)5-7(6)3-8/h1-3,9,15H,4-5H2,(H,16,17). The summed E-state index contributed by atoms with van der Waals surface area (Å²) in [5.74, 6) is 0. The Morgan fingerprint density at radius 1 is 1.29 bits per heavy atom. The van der Waals surface area contributed by atoms with Crippen molar-refractivity contribution in [1.29, 1.82) is 0 Å². The summed E-state index contributed by atoms with van der Waals surface area (Å²) in [5, 5.41) is 10.8. The molecular formula is C11H10F3NO2. The molecule has 2 rings (SSSR count). The smallest absolute Gasteiger partial charge is 0.416 e. The molecule has 1 aromatic carbocycles. The first-order chi connectivity index (χ1) is 7.86. The number of carboxylic acid groups (broad SMARTS) is 1. The summed E-state index contributed by atoms with van der Waals surface area (Å²) in [6.07, 6.45) is -4.75. The monoisotopic (exact) mass is 245 g/mol. The van der Waals surface area contributed by atoms with E-state index in [1.54, 1.807) is 0 Å². The van der Waals surface area contributed by atoms with Gasteiger partial charge >= 0.3 is 12.3 Å². The number of benzene rings is 1. The van der Waals surface area contributed by atoms with E-state index < -0.39 is 17.8 Å². The third-order valence-electron chi connectivity index (χ3n) is 2.79. The number of amides is 1. The van der Waals surface area contributed by atoms with Gasteiger partial charge in [-0.25, -0.2) is 4.79 Å². The van der Waals surface area contributed by atoms with Gasteiger partial charge in [0.05, 0.1) is 5.56 Å². The van der Waals surface area contributed by atoms with E-state index in [0.717, 1.165) is 17.7 Å². The molecule has 1 atom stereocenters. The van der Waals surface area contributed by atoms with Gasteiger partial charge in [-0.15, -0.1) is 0 Å². The lowest BCUT2D eigenvalue weighted by Gasteiger charge is -2.08. The molecule has 0 fully saturated rings. The Morgan fingerprint density at radius 3 is 2.53 bits per heavy atom. The number of rotatable bonds is 1. The van der Waals surface area contributed by atoms with Crippen LogP contribution in [-0.2, 0) is 19.0 Å². The van der Waals surface area contributed by atoms with Crippen molar-refractivity contribution in [1.82, 2.24) is 5.32 Å². The number of carbonyl (C=O) groups is 1. The lowest BCUT2D eigenvalue weighted by Crippen LogP contribution is -2.33. The molecule has 92 valence electrons. The lowest BCUT2D eigenvalue weighted by molar-refractivity contribution is -0.137. The van der Waals surface area contributed by atoms with Crippen LogP contribution in [0.1, 0.15) is 16.7 Å². The summed E-state index contributed by atoms with van der Waals surface area (Å²) in [5.41, 5.74) is 0.655. The van der Waals surface area contributed by atoms with Crippen LogP contribution < -0.4 is 5.32 Å². The molecule has 1 aliphatic rings. The van der Waals surface area contributed by atoms with E-state index >= 15 is 0 Å². The van der Waals surface area contributed by atoms with Crippen LogP contribution in [0.3, 0.4) is 0 Å². The summed E-state index contributed by atoms with van der Waals surface area (Å²) in [6, 6.07) is 3.22. The van der Waals surface area contributed by atoms with Crippen LogP contribution in [0.5, 0.6) is 0 Å². The highest BCUT2D eigenvalue weighted by atomic mass is 19.4. The molecule has 1 aliphatic carbocycles. The van der Waals surface area contributed by atoms with Gasteiger partial charge < -0.3 is 10.4 Å². The van der Waals surface area contributed by atoms with Crippen LogP contribution in [0.25, 0.3) is 0 Å². The fraction of sp³-hybridized carbons (Fsp3) is 0.364. The Balaban J connectivity index is 2.19. The molecule has 3 nitrogen and oxygen atoms in total. The van der Waals surface area contributed by atoms with Crippen molar-refractivity contribution in [2.75, 3.05) is 0 Å². The fourth-order valence-corrected chi connectivity index (χ4v) is 2.07. The minimum absolute atomic E-state index is 0.311. The van der Waals surface area contributed by atoms with Gasteiger partial charge in [0.25, 0.3) is 0 Å². The molecule has 0 spiro atoms. The second-order valence-electron chi connectivity index (χ2n) is 4.04. The number of fused-ring (bicyclic) bond motifs is 1. The van der Waals surface area contributed by atoms with Gasteiger partial charge in [-0.1, -0.05) is 6.07 Å². The third kappa shape index (κ3) is 2.51. The van der Waals surface area contributed by atoms with Crippen molar-refractivity contribution in [2.45, 2.75) is 25.1 Å². The molecular weight excluding hydrogens is 235 g/mol. The lowest BCUT2D eigenvalue weighted by atomic mass is 10.1. The number of halogens is 3. The molecule has 1 amide bonds. The molecule has 1 unspecified atom stereocenters. The van der Waals surface area contributed by atoms with Crippen LogP contribution >= 0.6 is 0 Å². The Hall–Kier alpha value is -1.72. The SMILES string of the molecule is O=C(O)NC1Cc2ccc(C(F)(F)F)cc2C1. The first-order valence-corrected chi connectivity index (χ1v) is 5.04. The van der Waals surface area contributed by atoms with Gasteiger partial charge in [-0.2, -0.15) is 13.2 Å². The minimum atomic E-state index is -4.35. The van der Waals surface area contributed by atoms with Crippen molar-refractivity contribution in [3.05, 3.63) is 34.9 Å². The van der Waals surface area contributed by atoms with Crippen molar-refractivity contribution in [3.63, 3.8) is 0 Å². The van der Waals surface area contributed by atoms with Crippen LogP contribution in [0.15, 0.2) is 18.2 Å². The Labute approximate surface area is 95.3 Å². The molecule has 17 heavy (non-hydrogen) atoms. The van der Waals surface area contributed by atoms with Gasteiger partial charge in [-0.3, -0.25) is 0 Å². The number of hydrogen-bond donors (Lipinski definition) is 2. The van der Waals surface area contributed by atoms with Crippen molar-refractivity contribution < 1.29 is 23.1 Å². The molecule has 0 saturated heterocycles. The molecule has 0 aliphatic heterocycles. The molecule has 2 N–H and O–H groups in total. The second kappa shape index (κ2) is 3.94. The van der Waals surface area contributed by atoms with E-state index in [1.807, 2.05) is 0 Å². The maximum Gasteiger partial charge on any atom is 0.416 e. The van der Waals surface area contributed by atoms with E-state index in [2.05, 4.69) is 5.32 Å². The fourth-order valence-electron chi connectivity index (χ4n) is 2.07. The molecule has 6 heteroatoms. The highest BCUT2D eigenvalue weighted by Crippen LogP contribution is 2.33. The van der Waals surface area contributed by atoms with E-state index in [1.165, 1.54) is 6.07 Å². The maximum atomic E-state index is 12.5. The van der Waals surface area contributed by atoms with Gasteiger partial charge in [0.2, 0.25) is 0 Å². The zero-order valence-electron chi connectivity index (χ0n) is 8.71. The van der Waals surface area contributed by atoms with E-state index in [-0.39, 0.29) is 6.04 Å². The van der Waals surface area contributed by atoms with Crippen molar-refractivity contribution >= 4 is 6.09 Å². The quantitative estimate of drug-likeness (QED) is 0.798. The summed E-state index contributed by atoms with van der Waals surface area (Å²) >= 11 is 0. The first-order valence-electron chi connectivity index (χ1n) is 5.04. The van der Waals surface area contributed by atoms with Crippen molar-refractivity contribution in [3.8, 4) is 0 Å². The van der Waals surface area contributed by atoms with Crippen LogP contribution in [0, 0.1) is 0 Å². The predicted octanol–water partition coefficient (Wildman–Crippen LogP) is 2.44. The maximum absolute atomic E-state index is 12.5. The molecule has 0 radical (unpaired) electrons. The number of hydrogen-bond acceptors (Lipinski definition) is 1. The third-order valence-corrected chi connectivity index (χ3v) is 2.79. The second-order valence-corrected chi connectivity index (χ2v) is 4.04. The number of alkyl halides is 3. The van der Waals surface area contributed by atoms with Gasteiger partial charge in [-0.05, 0) is 36.1 Å². The molecule has 0 heterocycles. The first kappa shape index (κ1) is 11.8. The Bertz CT molecular complexity index is 457. The average molecular weight is 245 g/mol. The summed E-state index contributed by atoms with van der Waals surface area (Å²) in [7, 11) is 0. The van der Waals surface area contributed by atoms with E-state index in [4.69, 9.17) is 5.11 Å². The highest BCUT2D eigenvalue weighted by Gasteiger charge is 2.32. The van der Waals surface area contributed by atoms with Gasteiger partial charge in [0.15, 0.2) is 0 Å². The normalized spacial score (nSPS) is 18.9. The zero-order chi connectivity index (χ0) is 12.6. The molecule has 1 aromatic rings. The molecule has 0 saturated carbocycles. The summed E-state index contributed by atoms with van der Waals surface area (Å²) < 4.78 is 37.4. The minimum Gasteiger partial charge on any atom is -0.465 e. The Morgan fingerprint density at radius 2 is 1.94 bits per heavy atom. The van der Waals surface area contributed by atoms with Crippen molar-refractivity contribution in [2.24, 2.45) is 0 Å². The largest absolute Gasteiger partial charge is 0.465 e. The predicted molar refractivity (Wildman–Crippen MR) is 53.8 cm³/mol.